The SMILES string of the molecule is Cc1cc(-c2ncc(Br)s2)ccc1OC(C)C. The van der Waals surface area contributed by atoms with Crippen molar-refractivity contribution < 1.29 is 4.74 Å². The monoisotopic (exact) mass is 311 g/mol. The lowest BCUT2D eigenvalue weighted by Gasteiger charge is -2.12. The summed E-state index contributed by atoms with van der Waals surface area (Å²) in [7, 11) is 0. The second kappa shape index (κ2) is 5.19. The van der Waals surface area contributed by atoms with Gasteiger partial charge in [0.05, 0.1) is 16.1 Å². The average molecular weight is 312 g/mol. The van der Waals surface area contributed by atoms with Gasteiger partial charge >= 0.3 is 0 Å². The summed E-state index contributed by atoms with van der Waals surface area (Å²) in [4.78, 5) is 4.35. The van der Waals surface area contributed by atoms with E-state index in [1.807, 2.05) is 26.1 Å². The van der Waals surface area contributed by atoms with Gasteiger partial charge in [-0.2, -0.15) is 0 Å². The molecule has 17 heavy (non-hydrogen) atoms. The molecule has 0 amide bonds. The van der Waals surface area contributed by atoms with Gasteiger partial charge in [0, 0.05) is 5.56 Å². The Labute approximate surface area is 114 Å². The third-order valence-corrected chi connectivity index (χ3v) is 3.79. The highest BCUT2D eigenvalue weighted by Gasteiger charge is 2.07. The van der Waals surface area contributed by atoms with Crippen LogP contribution in [0.4, 0.5) is 0 Å². The average Bonchev–Trinajstić information content (AvgIpc) is 2.67. The summed E-state index contributed by atoms with van der Waals surface area (Å²) in [6.45, 7) is 6.13. The van der Waals surface area contributed by atoms with E-state index in [1.165, 1.54) is 0 Å². The standard InChI is InChI=1S/C13H14BrNOS/c1-8(2)16-11-5-4-10(6-9(11)3)13-15-7-12(14)17-13/h4-8H,1-3H3. The molecular weight excluding hydrogens is 298 g/mol. The van der Waals surface area contributed by atoms with Crippen LogP contribution in [0.1, 0.15) is 19.4 Å². The maximum absolute atomic E-state index is 5.71. The van der Waals surface area contributed by atoms with Crippen molar-refractivity contribution in [3.8, 4) is 16.3 Å². The minimum absolute atomic E-state index is 0.202. The van der Waals surface area contributed by atoms with Crippen molar-refractivity contribution in [2.75, 3.05) is 0 Å². The Balaban J connectivity index is 2.30. The lowest BCUT2D eigenvalue weighted by atomic mass is 10.1. The smallest absolute Gasteiger partial charge is 0.124 e. The van der Waals surface area contributed by atoms with E-state index in [-0.39, 0.29) is 6.10 Å². The first-order valence-corrected chi connectivity index (χ1v) is 7.06. The molecule has 2 rings (SSSR count). The van der Waals surface area contributed by atoms with E-state index in [1.54, 1.807) is 11.3 Å². The molecule has 0 saturated heterocycles. The Morgan fingerprint density at radius 3 is 2.65 bits per heavy atom. The quantitative estimate of drug-likeness (QED) is 0.822. The van der Waals surface area contributed by atoms with Gasteiger partial charge in [-0.1, -0.05) is 0 Å². The lowest BCUT2D eigenvalue weighted by Crippen LogP contribution is -2.06. The number of hydrogen-bond acceptors (Lipinski definition) is 3. The van der Waals surface area contributed by atoms with E-state index in [4.69, 9.17) is 4.74 Å². The van der Waals surface area contributed by atoms with Crippen molar-refractivity contribution in [1.29, 1.82) is 0 Å². The molecule has 0 atom stereocenters. The molecule has 0 bridgehead atoms. The summed E-state index contributed by atoms with van der Waals surface area (Å²) < 4.78 is 6.76. The predicted octanol–water partition coefficient (Wildman–Crippen LogP) is 4.67. The largest absolute Gasteiger partial charge is 0.491 e. The molecule has 0 N–H and O–H groups in total. The highest BCUT2D eigenvalue weighted by Crippen LogP contribution is 2.31. The van der Waals surface area contributed by atoms with Crippen molar-refractivity contribution in [2.24, 2.45) is 0 Å². The van der Waals surface area contributed by atoms with Gasteiger partial charge in [0.25, 0.3) is 0 Å². The number of nitrogens with zero attached hydrogens (tertiary/aromatic N) is 1. The molecule has 0 unspecified atom stereocenters. The zero-order valence-electron chi connectivity index (χ0n) is 10.0. The van der Waals surface area contributed by atoms with Gasteiger partial charge in [0.15, 0.2) is 0 Å². The van der Waals surface area contributed by atoms with Crippen LogP contribution in [0, 0.1) is 6.92 Å². The number of rotatable bonds is 3. The molecule has 0 radical (unpaired) electrons. The molecule has 1 aromatic heterocycles. The summed E-state index contributed by atoms with van der Waals surface area (Å²) in [6.07, 6.45) is 2.03. The third kappa shape index (κ3) is 3.07. The number of aromatic nitrogens is 1. The van der Waals surface area contributed by atoms with Crippen LogP contribution in [0.3, 0.4) is 0 Å². The zero-order chi connectivity index (χ0) is 12.4. The molecule has 4 heteroatoms. The van der Waals surface area contributed by atoms with E-state index in [9.17, 15) is 0 Å². The number of halogens is 1. The second-order valence-electron chi connectivity index (χ2n) is 4.12. The summed E-state index contributed by atoms with van der Waals surface area (Å²) >= 11 is 5.06. The molecule has 0 saturated carbocycles. The second-order valence-corrected chi connectivity index (χ2v) is 6.53. The molecule has 1 aromatic carbocycles. The van der Waals surface area contributed by atoms with Gasteiger partial charge < -0.3 is 4.74 Å². The molecular formula is C13H14BrNOS. The minimum atomic E-state index is 0.202. The number of ether oxygens (including phenoxy) is 1. The van der Waals surface area contributed by atoms with E-state index in [0.717, 1.165) is 25.7 Å². The fraction of sp³-hybridized carbons (Fsp3) is 0.308. The number of aryl methyl sites for hydroxylation is 1. The molecule has 2 aromatic rings. The fourth-order valence-corrected chi connectivity index (χ4v) is 2.76. The van der Waals surface area contributed by atoms with Crippen molar-refractivity contribution in [3.63, 3.8) is 0 Å². The number of hydrogen-bond donors (Lipinski definition) is 0. The molecule has 0 fully saturated rings. The van der Waals surface area contributed by atoms with E-state index in [0.29, 0.717) is 0 Å². The molecule has 0 spiro atoms. The van der Waals surface area contributed by atoms with Crippen LogP contribution in [0.15, 0.2) is 28.2 Å². The summed E-state index contributed by atoms with van der Waals surface area (Å²) in [5.41, 5.74) is 2.27. The third-order valence-electron chi connectivity index (χ3n) is 2.26. The Kier molecular flexibility index (Phi) is 3.84. The lowest BCUT2D eigenvalue weighted by molar-refractivity contribution is 0.241. The van der Waals surface area contributed by atoms with Crippen LogP contribution in [0.5, 0.6) is 5.75 Å². The van der Waals surface area contributed by atoms with Crippen molar-refractivity contribution in [2.45, 2.75) is 26.9 Å². The van der Waals surface area contributed by atoms with Crippen molar-refractivity contribution in [1.82, 2.24) is 4.98 Å². The van der Waals surface area contributed by atoms with Gasteiger partial charge in [-0.15, -0.1) is 11.3 Å². The van der Waals surface area contributed by atoms with Crippen molar-refractivity contribution >= 4 is 27.3 Å². The van der Waals surface area contributed by atoms with Gasteiger partial charge in [0.2, 0.25) is 0 Å². The van der Waals surface area contributed by atoms with Gasteiger partial charge in [-0.3, -0.25) is 0 Å². The van der Waals surface area contributed by atoms with E-state index in [2.05, 4.69) is 40.0 Å². The molecule has 2 nitrogen and oxygen atoms in total. The first kappa shape index (κ1) is 12.6. The molecule has 0 aliphatic heterocycles. The fourth-order valence-electron chi connectivity index (χ4n) is 1.56. The summed E-state index contributed by atoms with van der Waals surface area (Å²) in [6, 6.07) is 6.18. The topological polar surface area (TPSA) is 22.1 Å². The molecule has 1 heterocycles. The maximum atomic E-state index is 5.71. The summed E-state index contributed by atoms with van der Waals surface area (Å²) in [5, 5.41) is 1.02. The van der Waals surface area contributed by atoms with Crippen molar-refractivity contribution in [3.05, 3.63) is 33.7 Å². The molecule has 0 aliphatic carbocycles. The number of thiazole rings is 1. The molecule has 90 valence electrons. The minimum Gasteiger partial charge on any atom is -0.491 e. The maximum Gasteiger partial charge on any atom is 0.124 e. The van der Waals surface area contributed by atoms with Crippen LogP contribution in [-0.2, 0) is 0 Å². The first-order chi connectivity index (χ1) is 8.06. The van der Waals surface area contributed by atoms with E-state index < -0.39 is 0 Å². The van der Waals surface area contributed by atoms with Gasteiger partial charge in [-0.25, -0.2) is 4.98 Å². The van der Waals surface area contributed by atoms with Crippen LogP contribution in [0.25, 0.3) is 10.6 Å². The van der Waals surface area contributed by atoms with E-state index >= 15 is 0 Å². The van der Waals surface area contributed by atoms with Crippen LogP contribution < -0.4 is 4.74 Å². The van der Waals surface area contributed by atoms with Crippen LogP contribution >= 0.6 is 27.3 Å². The normalized spacial score (nSPS) is 10.9. The number of benzene rings is 1. The Morgan fingerprint density at radius 1 is 1.35 bits per heavy atom. The Bertz CT molecular complexity index is 522. The first-order valence-electron chi connectivity index (χ1n) is 5.45. The Morgan fingerprint density at radius 2 is 2.12 bits per heavy atom. The predicted molar refractivity (Wildman–Crippen MR) is 75.8 cm³/mol. The van der Waals surface area contributed by atoms with Crippen LogP contribution in [0.2, 0.25) is 0 Å². The highest BCUT2D eigenvalue weighted by molar-refractivity contribution is 9.11. The summed E-state index contributed by atoms with van der Waals surface area (Å²) in [5.74, 6) is 0.944. The Hall–Kier alpha value is -0.870. The molecule has 0 aliphatic rings. The van der Waals surface area contributed by atoms with Crippen LogP contribution in [-0.4, -0.2) is 11.1 Å². The highest BCUT2D eigenvalue weighted by atomic mass is 79.9. The van der Waals surface area contributed by atoms with Gasteiger partial charge in [0.1, 0.15) is 10.8 Å². The van der Waals surface area contributed by atoms with Gasteiger partial charge in [-0.05, 0) is 60.5 Å². The zero-order valence-corrected chi connectivity index (χ0v) is 12.4.